The smallest absolute Gasteiger partial charge is 0.233 e. The minimum Gasteiger partial charge on any atom is -0.438 e. The first-order chi connectivity index (χ1) is 8.06. The van der Waals surface area contributed by atoms with Crippen molar-refractivity contribution in [2.75, 3.05) is 5.73 Å². The Morgan fingerprint density at radius 3 is 2.65 bits per heavy atom. The van der Waals surface area contributed by atoms with E-state index in [0.29, 0.717) is 16.1 Å². The first kappa shape index (κ1) is 12.3. The van der Waals surface area contributed by atoms with Crippen LogP contribution in [0.4, 0.5) is 10.1 Å². The van der Waals surface area contributed by atoms with Crippen LogP contribution in [-0.4, -0.2) is 4.98 Å². The molecule has 0 spiro atoms. The van der Waals surface area contributed by atoms with E-state index in [2.05, 4.69) is 36.8 Å². The Labute approximate surface area is 114 Å². The lowest BCUT2D eigenvalue weighted by Crippen LogP contribution is -1.93. The molecule has 6 heteroatoms. The van der Waals surface area contributed by atoms with Crippen molar-refractivity contribution in [1.29, 1.82) is 0 Å². The van der Waals surface area contributed by atoms with Crippen LogP contribution in [-0.2, 0) is 0 Å². The van der Waals surface area contributed by atoms with Gasteiger partial charge < -0.3 is 10.5 Å². The van der Waals surface area contributed by atoms with E-state index in [1.807, 2.05) is 0 Å². The fourth-order valence-electron chi connectivity index (χ4n) is 1.16. The fourth-order valence-corrected chi connectivity index (χ4v) is 2.23. The third-order valence-electron chi connectivity index (χ3n) is 1.96. The number of halogens is 3. The number of nitrogens with zero attached hydrogens (tertiary/aromatic N) is 1. The normalized spacial score (nSPS) is 10.3. The van der Waals surface area contributed by atoms with Crippen LogP contribution >= 0.6 is 31.9 Å². The SMILES string of the molecule is Nc1ccc(Oc2ncc(Br)cc2Br)cc1F. The summed E-state index contributed by atoms with van der Waals surface area (Å²) in [4.78, 5) is 4.06. The Hall–Kier alpha value is -1.14. The van der Waals surface area contributed by atoms with E-state index in [-0.39, 0.29) is 5.69 Å². The van der Waals surface area contributed by atoms with Gasteiger partial charge in [0.05, 0.1) is 10.2 Å². The van der Waals surface area contributed by atoms with Gasteiger partial charge in [-0.3, -0.25) is 0 Å². The van der Waals surface area contributed by atoms with Crippen molar-refractivity contribution in [3.05, 3.63) is 45.2 Å². The molecule has 0 atom stereocenters. The summed E-state index contributed by atoms with van der Waals surface area (Å²) in [5, 5.41) is 0. The van der Waals surface area contributed by atoms with Crippen molar-refractivity contribution < 1.29 is 9.13 Å². The number of anilines is 1. The summed E-state index contributed by atoms with van der Waals surface area (Å²) in [7, 11) is 0. The Balaban J connectivity index is 2.28. The molecule has 0 amide bonds. The predicted octanol–water partition coefficient (Wildman–Crippen LogP) is 4.12. The molecule has 0 radical (unpaired) electrons. The molecule has 0 unspecified atom stereocenters. The second kappa shape index (κ2) is 5.01. The average Bonchev–Trinajstić information content (AvgIpc) is 2.27. The van der Waals surface area contributed by atoms with Crippen molar-refractivity contribution in [1.82, 2.24) is 4.98 Å². The van der Waals surface area contributed by atoms with E-state index in [9.17, 15) is 4.39 Å². The number of hydrogen-bond donors (Lipinski definition) is 1. The highest BCUT2D eigenvalue weighted by Crippen LogP contribution is 2.30. The van der Waals surface area contributed by atoms with Gasteiger partial charge in [-0.1, -0.05) is 0 Å². The summed E-state index contributed by atoms with van der Waals surface area (Å²) < 4.78 is 20.1. The first-order valence-electron chi connectivity index (χ1n) is 4.60. The Bertz CT molecular complexity index is 563. The first-order valence-corrected chi connectivity index (χ1v) is 6.19. The summed E-state index contributed by atoms with van der Waals surface area (Å²) in [5.74, 6) is 0.181. The van der Waals surface area contributed by atoms with E-state index in [1.54, 1.807) is 18.3 Å². The topological polar surface area (TPSA) is 48.1 Å². The number of ether oxygens (including phenoxy) is 1. The van der Waals surface area contributed by atoms with Crippen molar-refractivity contribution in [2.24, 2.45) is 0 Å². The lowest BCUT2D eigenvalue weighted by Gasteiger charge is -2.07. The highest BCUT2D eigenvalue weighted by atomic mass is 79.9. The highest BCUT2D eigenvalue weighted by molar-refractivity contribution is 9.11. The van der Waals surface area contributed by atoms with Gasteiger partial charge in [0.2, 0.25) is 5.88 Å². The Morgan fingerprint density at radius 2 is 2.00 bits per heavy atom. The predicted molar refractivity (Wildman–Crippen MR) is 70.5 cm³/mol. The van der Waals surface area contributed by atoms with Gasteiger partial charge >= 0.3 is 0 Å². The minimum atomic E-state index is -0.518. The number of rotatable bonds is 2. The molecule has 88 valence electrons. The van der Waals surface area contributed by atoms with Crippen LogP contribution in [0.25, 0.3) is 0 Å². The molecule has 0 fully saturated rings. The summed E-state index contributed by atoms with van der Waals surface area (Å²) >= 11 is 6.58. The van der Waals surface area contributed by atoms with Crippen LogP contribution in [0.3, 0.4) is 0 Å². The van der Waals surface area contributed by atoms with Crippen molar-refractivity contribution in [3.63, 3.8) is 0 Å². The Morgan fingerprint density at radius 1 is 1.24 bits per heavy atom. The van der Waals surface area contributed by atoms with Crippen LogP contribution in [0.15, 0.2) is 39.4 Å². The van der Waals surface area contributed by atoms with E-state index in [0.717, 1.165) is 4.47 Å². The molecule has 1 aromatic heterocycles. The Kier molecular flexibility index (Phi) is 3.63. The van der Waals surface area contributed by atoms with Crippen molar-refractivity contribution in [3.8, 4) is 11.6 Å². The maximum Gasteiger partial charge on any atom is 0.233 e. The van der Waals surface area contributed by atoms with Crippen molar-refractivity contribution >= 4 is 37.5 Å². The van der Waals surface area contributed by atoms with Crippen LogP contribution in [0, 0.1) is 5.82 Å². The van der Waals surface area contributed by atoms with Crippen LogP contribution in [0.1, 0.15) is 0 Å². The number of nitrogen functional groups attached to an aromatic ring is 1. The number of benzene rings is 1. The molecular weight excluding hydrogens is 355 g/mol. The van der Waals surface area contributed by atoms with Gasteiger partial charge in [0.25, 0.3) is 0 Å². The third-order valence-corrected chi connectivity index (χ3v) is 2.96. The van der Waals surface area contributed by atoms with E-state index in [4.69, 9.17) is 10.5 Å². The largest absolute Gasteiger partial charge is 0.438 e. The van der Waals surface area contributed by atoms with Crippen LogP contribution in [0.2, 0.25) is 0 Å². The van der Waals surface area contributed by atoms with Crippen LogP contribution < -0.4 is 10.5 Å². The van der Waals surface area contributed by atoms with Gasteiger partial charge in [-0.05, 0) is 50.1 Å². The molecule has 0 aliphatic carbocycles. The summed E-state index contributed by atoms with van der Waals surface area (Å²) in [6.45, 7) is 0. The molecule has 0 saturated carbocycles. The lowest BCUT2D eigenvalue weighted by molar-refractivity contribution is 0.455. The van der Waals surface area contributed by atoms with Crippen molar-refractivity contribution in [2.45, 2.75) is 0 Å². The molecule has 3 nitrogen and oxygen atoms in total. The minimum absolute atomic E-state index is 0.0835. The highest BCUT2D eigenvalue weighted by Gasteiger charge is 2.07. The summed E-state index contributed by atoms with van der Waals surface area (Å²) in [6, 6.07) is 6.02. The molecule has 0 saturated heterocycles. The molecule has 1 aromatic carbocycles. The van der Waals surface area contributed by atoms with E-state index >= 15 is 0 Å². The van der Waals surface area contributed by atoms with Gasteiger partial charge in [0.15, 0.2) is 0 Å². The molecule has 2 rings (SSSR count). The maximum absolute atomic E-state index is 13.2. The second-order valence-corrected chi connectivity index (χ2v) is 5.00. The molecular formula is C11H7Br2FN2O. The summed E-state index contributed by atoms with van der Waals surface area (Å²) in [6.07, 6.45) is 1.59. The molecule has 2 N–H and O–H groups in total. The summed E-state index contributed by atoms with van der Waals surface area (Å²) in [5.41, 5.74) is 5.45. The molecule has 1 heterocycles. The van der Waals surface area contributed by atoms with Gasteiger partial charge in [-0.2, -0.15) is 0 Å². The molecule has 2 aromatic rings. The molecule has 0 aliphatic heterocycles. The zero-order valence-electron chi connectivity index (χ0n) is 8.45. The maximum atomic E-state index is 13.2. The van der Waals surface area contributed by atoms with Gasteiger partial charge in [0.1, 0.15) is 11.6 Å². The second-order valence-electron chi connectivity index (χ2n) is 3.23. The van der Waals surface area contributed by atoms with Gasteiger partial charge in [-0.25, -0.2) is 9.37 Å². The number of aromatic nitrogens is 1. The number of hydrogen-bond acceptors (Lipinski definition) is 3. The third kappa shape index (κ3) is 2.95. The van der Waals surface area contributed by atoms with Gasteiger partial charge in [0, 0.05) is 16.7 Å². The number of nitrogens with two attached hydrogens (primary N) is 1. The fraction of sp³-hybridized carbons (Fsp3) is 0. The van der Waals surface area contributed by atoms with Crippen LogP contribution in [0.5, 0.6) is 11.6 Å². The zero-order chi connectivity index (χ0) is 12.4. The van der Waals surface area contributed by atoms with E-state index < -0.39 is 5.82 Å². The number of pyridine rings is 1. The quantitative estimate of drug-likeness (QED) is 0.818. The monoisotopic (exact) mass is 360 g/mol. The standard InChI is InChI=1S/C11H7Br2FN2O/c12-6-3-8(13)11(16-5-6)17-7-1-2-10(15)9(14)4-7/h1-5H,15H2. The molecule has 17 heavy (non-hydrogen) atoms. The molecule has 0 bridgehead atoms. The molecule has 0 aliphatic rings. The lowest BCUT2D eigenvalue weighted by atomic mass is 10.3. The average molecular weight is 362 g/mol. The van der Waals surface area contributed by atoms with Gasteiger partial charge in [-0.15, -0.1) is 0 Å². The van der Waals surface area contributed by atoms with E-state index in [1.165, 1.54) is 12.1 Å². The zero-order valence-corrected chi connectivity index (χ0v) is 11.6.